The summed E-state index contributed by atoms with van der Waals surface area (Å²) < 4.78 is 0. The number of amides is 1. The monoisotopic (exact) mass is 99.0 g/mol. The van der Waals surface area contributed by atoms with Crippen LogP contribution in [-0.4, -0.2) is 11.3 Å². The van der Waals surface area contributed by atoms with Crippen molar-refractivity contribution in [3.63, 3.8) is 0 Å². The zero-order chi connectivity index (χ0) is 4.28. The van der Waals surface area contributed by atoms with Crippen molar-refractivity contribution >= 4 is 6.09 Å². The number of carbonyl (C=O) groups is 1. The molecular formula is CH2NNaO3. The van der Waals surface area contributed by atoms with Gasteiger partial charge in [-0.2, -0.15) is 0 Å². The Morgan fingerprint density at radius 1 is 1.83 bits per heavy atom. The van der Waals surface area contributed by atoms with Gasteiger partial charge < -0.3 is 9.90 Å². The minimum Gasteiger partial charge on any atom is -0.529 e. The van der Waals surface area contributed by atoms with E-state index in [-0.39, 0.29) is 29.6 Å². The maximum atomic E-state index is 8.90. The van der Waals surface area contributed by atoms with Crippen LogP contribution in [0.2, 0.25) is 0 Å². The molecule has 0 aliphatic heterocycles. The van der Waals surface area contributed by atoms with Crippen molar-refractivity contribution in [2.24, 2.45) is 0 Å². The van der Waals surface area contributed by atoms with Crippen LogP contribution in [0, 0.1) is 0 Å². The van der Waals surface area contributed by atoms with E-state index in [1.807, 2.05) is 0 Å². The van der Waals surface area contributed by atoms with Gasteiger partial charge in [-0.05, 0) is 0 Å². The van der Waals surface area contributed by atoms with E-state index in [2.05, 4.69) is 0 Å². The van der Waals surface area contributed by atoms with E-state index in [1.54, 1.807) is 0 Å². The first-order chi connectivity index (χ1) is 2.27. The summed E-state index contributed by atoms with van der Waals surface area (Å²) in [5.41, 5.74) is 0.833. The summed E-state index contributed by atoms with van der Waals surface area (Å²) in [6.45, 7) is 0. The van der Waals surface area contributed by atoms with Gasteiger partial charge in [0.1, 0.15) is 0 Å². The second kappa shape index (κ2) is 5.23. The molecule has 0 heterocycles. The van der Waals surface area contributed by atoms with Crippen LogP contribution in [0.1, 0.15) is 0 Å². The Morgan fingerprint density at radius 2 is 2.00 bits per heavy atom. The molecule has 0 aromatic rings. The van der Waals surface area contributed by atoms with Gasteiger partial charge in [0.25, 0.3) is 0 Å². The quantitative estimate of drug-likeness (QED) is 0.182. The molecule has 0 saturated carbocycles. The number of nitrogens with one attached hydrogen (secondary N) is 1. The molecule has 0 radical (unpaired) electrons. The topological polar surface area (TPSA) is 72.4 Å². The number of hydroxylamine groups is 1. The minimum atomic E-state index is -1.69. The Bertz CT molecular complexity index is 46.1. The van der Waals surface area contributed by atoms with Gasteiger partial charge in [-0.1, -0.05) is 0 Å². The van der Waals surface area contributed by atoms with Crippen LogP contribution in [0.3, 0.4) is 0 Å². The fraction of sp³-hybridized carbons (Fsp3) is 0. The Hall–Kier alpha value is 0.230. The number of carbonyl (C=O) groups excluding carboxylic acids is 1. The third kappa shape index (κ3) is 8.87. The molecule has 0 aliphatic carbocycles. The molecular weight excluding hydrogens is 97.0 g/mol. The summed E-state index contributed by atoms with van der Waals surface area (Å²) in [6, 6.07) is 0. The van der Waals surface area contributed by atoms with Crippen LogP contribution in [-0.2, 0) is 0 Å². The zero-order valence-corrected chi connectivity index (χ0v) is 5.26. The number of hydrogen-bond acceptors (Lipinski definition) is 3. The summed E-state index contributed by atoms with van der Waals surface area (Å²) in [6.07, 6.45) is -1.69. The number of carboxylic acid groups (broad SMARTS) is 1. The van der Waals surface area contributed by atoms with Gasteiger partial charge in [-0.15, -0.1) is 0 Å². The summed E-state index contributed by atoms with van der Waals surface area (Å²) in [7, 11) is 0. The first-order valence-electron chi connectivity index (χ1n) is 0.882. The zero-order valence-electron chi connectivity index (χ0n) is 3.26. The molecule has 0 aromatic heterocycles. The molecule has 1 amide bonds. The molecule has 0 aromatic carbocycles. The predicted octanol–water partition coefficient (Wildman–Crippen LogP) is -4.69. The van der Waals surface area contributed by atoms with Crippen LogP contribution in [0.4, 0.5) is 4.79 Å². The molecule has 0 unspecified atom stereocenters. The molecule has 0 fully saturated rings. The largest absolute Gasteiger partial charge is 1.00 e. The number of rotatable bonds is 0. The van der Waals surface area contributed by atoms with Crippen molar-refractivity contribution in [2.45, 2.75) is 0 Å². The third-order valence-corrected chi connectivity index (χ3v) is 0.0913. The smallest absolute Gasteiger partial charge is 0.529 e. The molecule has 0 spiro atoms. The van der Waals surface area contributed by atoms with E-state index in [0.717, 1.165) is 5.48 Å². The van der Waals surface area contributed by atoms with Gasteiger partial charge in [0.15, 0.2) is 6.09 Å². The van der Waals surface area contributed by atoms with Gasteiger partial charge in [-0.3, -0.25) is 10.7 Å². The second-order valence-corrected chi connectivity index (χ2v) is 0.399. The van der Waals surface area contributed by atoms with Crippen molar-refractivity contribution in [3.8, 4) is 0 Å². The Balaban J connectivity index is 0. The average Bonchev–Trinajstić information content (AvgIpc) is 1.38. The van der Waals surface area contributed by atoms with Crippen molar-refractivity contribution in [2.75, 3.05) is 0 Å². The fourth-order valence-electron chi connectivity index (χ4n) is 0. The van der Waals surface area contributed by atoms with Crippen LogP contribution in [0.25, 0.3) is 0 Å². The van der Waals surface area contributed by atoms with Crippen molar-refractivity contribution in [1.82, 2.24) is 5.48 Å². The van der Waals surface area contributed by atoms with Crippen LogP contribution in [0.15, 0.2) is 0 Å². The van der Waals surface area contributed by atoms with Crippen LogP contribution in [0.5, 0.6) is 0 Å². The maximum Gasteiger partial charge on any atom is 1.00 e. The molecule has 0 rings (SSSR count). The van der Waals surface area contributed by atoms with Gasteiger partial charge in [0.05, 0.1) is 0 Å². The normalized spacial score (nSPS) is 5.50. The van der Waals surface area contributed by atoms with Gasteiger partial charge in [0, 0.05) is 0 Å². The molecule has 2 N–H and O–H groups in total. The van der Waals surface area contributed by atoms with Crippen LogP contribution < -0.4 is 40.1 Å². The molecule has 30 valence electrons. The number of hydrogen-bond donors (Lipinski definition) is 2. The van der Waals surface area contributed by atoms with Crippen LogP contribution >= 0.6 is 0 Å². The minimum absolute atomic E-state index is 0. The van der Waals surface area contributed by atoms with Gasteiger partial charge in [-0.25, -0.2) is 0 Å². The Kier molecular flexibility index (Phi) is 8.30. The van der Waals surface area contributed by atoms with E-state index in [4.69, 9.17) is 15.1 Å². The Morgan fingerprint density at radius 3 is 2.00 bits per heavy atom. The van der Waals surface area contributed by atoms with E-state index >= 15 is 0 Å². The van der Waals surface area contributed by atoms with Crippen molar-refractivity contribution < 1.29 is 44.7 Å². The summed E-state index contributed by atoms with van der Waals surface area (Å²) in [5.74, 6) is 0. The SMILES string of the molecule is O=C([O-])NO.[Na+]. The molecule has 0 bridgehead atoms. The maximum absolute atomic E-state index is 8.90. The van der Waals surface area contributed by atoms with E-state index in [1.165, 1.54) is 0 Å². The first-order valence-corrected chi connectivity index (χ1v) is 0.882. The first kappa shape index (κ1) is 9.52. The molecule has 0 aliphatic rings. The fourth-order valence-corrected chi connectivity index (χ4v) is 0. The predicted molar refractivity (Wildman–Crippen MR) is 10.3 cm³/mol. The Labute approximate surface area is 56.4 Å². The average molecular weight is 99.0 g/mol. The van der Waals surface area contributed by atoms with Gasteiger partial charge >= 0.3 is 29.6 Å². The van der Waals surface area contributed by atoms with Gasteiger partial charge in [0.2, 0.25) is 0 Å². The third-order valence-electron chi connectivity index (χ3n) is 0.0913. The molecule has 0 atom stereocenters. The standard InChI is InChI=1S/CH3NO3.Na/c3-1(4)2-5;/h2,5H,(H,3,4);/q;+1/p-1. The second-order valence-electron chi connectivity index (χ2n) is 0.399. The summed E-state index contributed by atoms with van der Waals surface area (Å²) >= 11 is 0. The van der Waals surface area contributed by atoms with E-state index in [9.17, 15) is 0 Å². The van der Waals surface area contributed by atoms with E-state index < -0.39 is 6.09 Å². The van der Waals surface area contributed by atoms with Crippen molar-refractivity contribution in [3.05, 3.63) is 0 Å². The molecule has 5 heteroatoms. The summed E-state index contributed by atoms with van der Waals surface area (Å²) in [5, 5.41) is 16.1. The molecule has 4 nitrogen and oxygen atoms in total. The van der Waals surface area contributed by atoms with E-state index in [0.29, 0.717) is 0 Å². The van der Waals surface area contributed by atoms with Crippen molar-refractivity contribution in [1.29, 1.82) is 0 Å². The molecule has 6 heavy (non-hydrogen) atoms. The molecule has 0 saturated heterocycles. The summed E-state index contributed by atoms with van der Waals surface area (Å²) in [4.78, 5) is 8.90.